The maximum absolute atomic E-state index is 5.35. The number of aromatic nitrogens is 2. The zero-order valence-corrected chi connectivity index (χ0v) is 8.95. The molecule has 0 saturated carbocycles. The van der Waals surface area contributed by atoms with Gasteiger partial charge in [-0.15, -0.1) is 0 Å². The summed E-state index contributed by atoms with van der Waals surface area (Å²) in [6.07, 6.45) is 5.44. The molecule has 2 aromatic rings. The van der Waals surface area contributed by atoms with Gasteiger partial charge in [0.05, 0.1) is 19.0 Å². The van der Waals surface area contributed by atoms with E-state index in [2.05, 4.69) is 22.4 Å². The molecule has 1 atom stereocenters. The van der Waals surface area contributed by atoms with Gasteiger partial charge < -0.3 is 9.73 Å². The maximum Gasteiger partial charge on any atom is 0.120 e. The normalized spacial score (nSPS) is 12.9. The number of furan rings is 1. The quantitative estimate of drug-likeness (QED) is 0.804. The summed E-state index contributed by atoms with van der Waals surface area (Å²) in [5.41, 5.74) is 2.33. The fourth-order valence-electron chi connectivity index (χ4n) is 1.45. The molecule has 0 aliphatic heterocycles. The van der Waals surface area contributed by atoms with Gasteiger partial charge in [0.1, 0.15) is 5.76 Å². The Labute approximate surface area is 88.7 Å². The molecule has 4 nitrogen and oxygen atoms in total. The molecular weight excluding hydrogens is 190 g/mol. The number of nitrogens with one attached hydrogen (secondary N) is 2. The minimum absolute atomic E-state index is 0.272. The Morgan fingerprint density at radius 1 is 1.60 bits per heavy atom. The highest BCUT2D eigenvalue weighted by Crippen LogP contribution is 2.13. The summed E-state index contributed by atoms with van der Waals surface area (Å²) in [6.45, 7) is 4.89. The first-order valence-electron chi connectivity index (χ1n) is 5.02. The Bertz CT molecular complexity index is 405. The first-order valence-corrected chi connectivity index (χ1v) is 5.02. The van der Waals surface area contributed by atoms with Crippen molar-refractivity contribution in [1.29, 1.82) is 0 Å². The van der Waals surface area contributed by atoms with Crippen molar-refractivity contribution in [3.8, 4) is 0 Å². The Morgan fingerprint density at radius 3 is 3.07 bits per heavy atom. The van der Waals surface area contributed by atoms with Crippen molar-refractivity contribution in [3.63, 3.8) is 0 Å². The van der Waals surface area contributed by atoms with Crippen LogP contribution >= 0.6 is 0 Å². The molecule has 2 N–H and O–H groups in total. The van der Waals surface area contributed by atoms with E-state index in [-0.39, 0.29) is 6.04 Å². The van der Waals surface area contributed by atoms with Gasteiger partial charge in [-0.05, 0) is 25.5 Å². The van der Waals surface area contributed by atoms with E-state index in [4.69, 9.17) is 4.42 Å². The number of hydrogen-bond donors (Lipinski definition) is 2. The molecule has 0 spiro atoms. The molecule has 2 rings (SSSR count). The first-order chi connectivity index (χ1) is 7.27. The van der Waals surface area contributed by atoms with Gasteiger partial charge in [0, 0.05) is 17.8 Å². The van der Waals surface area contributed by atoms with Gasteiger partial charge in [-0.2, -0.15) is 5.10 Å². The van der Waals surface area contributed by atoms with Crippen LogP contribution in [0.3, 0.4) is 0 Å². The molecule has 0 saturated heterocycles. The highest BCUT2D eigenvalue weighted by molar-refractivity contribution is 5.15. The topological polar surface area (TPSA) is 53.9 Å². The average Bonchev–Trinajstić information content (AvgIpc) is 2.85. The second-order valence-electron chi connectivity index (χ2n) is 3.66. The van der Waals surface area contributed by atoms with Crippen LogP contribution in [0.25, 0.3) is 0 Å². The number of hydrogen-bond acceptors (Lipinski definition) is 3. The summed E-state index contributed by atoms with van der Waals surface area (Å²) >= 11 is 0. The number of aryl methyl sites for hydroxylation is 1. The fourth-order valence-corrected chi connectivity index (χ4v) is 1.45. The van der Waals surface area contributed by atoms with Crippen LogP contribution in [-0.4, -0.2) is 10.2 Å². The van der Waals surface area contributed by atoms with Crippen molar-refractivity contribution in [2.75, 3.05) is 0 Å². The molecule has 1 unspecified atom stereocenters. The molecule has 15 heavy (non-hydrogen) atoms. The lowest BCUT2D eigenvalue weighted by Crippen LogP contribution is -2.17. The van der Waals surface area contributed by atoms with E-state index in [0.717, 1.165) is 17.9 Å². The lowest BCUT2D eigenvalue weighted by atomic mass is 10.2. The van der Waals surface area contributed by atoms with E-state index in [0.29, 0.717) is 0 Å². The third-order valence-corrected chi connectivity index (χ3v) is 2.56. The predicted octanol–water partition coefficient (Wildman–Crippen LogP) is 2.16. The summed E-state index contributed by atoms with van der Waals surface area (Å²) in [7, 11) is 0. The summed E-state index contributed by atoms with van der Waals surface area (Å²) < 4.78 is 5.35. The van der Waals surface area contributed by atoms with Gasteiger partial charge in [0.25, 0.3) is 0 Å². The zero-order chi connectivity index (χ0) is 10.7. The SMILES string of the molecule is Cc1ccoc1CNC(C)c1cn[nH]c1. The molecule has 0 fully saturated rings. The van der Waals surface area contributed by atoms with Crippen LogP contribution in [-0.2, 0) is 6.54 Å². The Kier molecular flexibility index (Phi) is 2.87. The highest BCUT2D eigenvalue weighted by atomic mass is 16.3. The second kappa shape index (κ2) is 4.31. The monoisotopic (exact) mass is 205 g/mol. The van der Waals surface area contributed by atoms with Crippen molar-refractivity contribution in [3.05, 3.63) is 41.6 Å². The van der Waals surface area contributed by atoms with Crippen LogP contribution in [0.1, 0.15) is 29.9 Å². The molecule has 0 aromatic carbocycles. The number of aromatic amines is 1. The van der Waals surface area contributed by atoms with Crippen LogP contribution in [0.2, 0.25) is 0 Å². The van der Waals surface area contributed by atoms with E-state index < -0.39 is 0 Å². The van der Waals surface area contributed by atoms with E-state index in [1.807, 2.05) is 25.4 Å². The summed E-state index contributed by atoms with van der Waals surface area (Å²) in [6, 6.07) is 2.24. The first kappa shape index (κ1) is 9.98. The van der Waals surface area contributed by atoms with Crippen LogP contribution in [0.4, 0.5) is 0 Å². The van der Waals surface area contributed by atoms with E-state index >= 15 is 0 Å². The van der Waals surface area contributed by atoms with Crippen LogP contribution in [0, 0.1) is 6.92 Å². The van der Waals surface area contributed by atoms with Crippen LogP contribution in [0.5, 0.6) is 0 Å². The summed E-state index contributed by atoms with van der Waals surface area (Å²) in [4.78, 5) is 0. The maximum atomic E-state index is 5.35. The lowest BCUT2D eigenvalue weighted by molar-refractivity contribution is 0.458. The van der Waals surface area contributed by atoms with Crippen molar-refractivity contribution in [2.24, 2.45) is 0 Å². The van der Waals surface area contributed by atoms with Crippen molar-refractivity contribution in [2.45, 2.75) is 26.4 Å². The van der Waals surface area contributed by atoms with Gasteiger partial charge in [0.2, 0.25) is 0 Å². The van der Waals surface area contributed by atoms with Gasteiger partial charge >= 0.3 is 0 Å². The van der Waals surface area contributed by atoms with Crippen molar-refractivity contribution < 1.29 is 4.42 Å². The molecule has 2 aromatic heterocycles. The van der Waals surface area contributed by atoms with Gasteiger partial charge in [-0.25, -0.2) is 0 Å². The van der Waals surface area contributed by atoms with Crippen molar-refractivity contribution in [1.82, 2.24) is 15.5 Å². The molecule has 0 aliphatic rings. The largest absolute Gasteiger partial charge is 0.468 e. The fraction of sp³-hybridized carbons (Fsp3) is 0.364. The molecule has 2 heterocycles. The van der Waals surface area contributed by atoms with Gasteiger partial charge in [-0.1, -0.05) is 0 Å². The minimum Gasteiger partial charge on any atom is -0.468 e. The third-order valence-electron chi connectivity index (χ3n) is 2.56. The van der Waals surface area contributed by atoms with Crippen LogP contribution < -0.4 is 5.32 Å². The molecule has 80 valence electrons. The van der Waals surface area contributed by atoms with Crippen molar-refractivity contribution >= 4 is 0 Å². The predicted molar refractivity (Wildman–Crippen MR) is 57.3 cm³/mol. The summed E-state index contributed by atoms with van der Waals surface area (Å²) in [5, 5.41) is 10.1. The minimum atomic E-state index is 0.272. The Balaban J connectivity index is 1.91. The van der Waals surface area contributed by atoms with Gasteiger partial charge in [-0.3, -0.25) is 5.10 Å². The standard InChI is InChI=1S/C11H15N3O/c1-8-3-4-15-11(8)7-12-9(2)10-5-13-14-6-10/h3-6,9,12H,7H2,1-2H3,(H,13,14). The number of H-pyrrole nitrogens is 1. The molecule has 0 amide bonds. The van der Waals surface area contributed by atoms with E-state index in [9.17, 15) is 0 Å². The lowest BCUT2D eigenvalue weighted by Gasteiger charge is -2.10. The van der Waals surface area contributed by atoms with E-state index in [1.54, 1.807) is 6.26 Å². The highest BCUT2D eigenvalue weighted by Gasteiger charge is 2.07. The molecular formula is C11H15N3O. The summed E-state index contributed by atoms with van der Waals surface area (Å²) in [5.74, 6) is 0.991. The Morgan fingerprint density at radius 2 is 2.47 bits per heavy atom. The second-order valence-corrected chi connectivity index (χ2v) is 3.66. The number of nitrogens with zero attached hydrogens (tertiary/aromatic N) is 1. The molecule has 0 bridgehead atoms. The van der Waals surface area contributed by atoms with Crippen LogP contribution in [0.15, 0.2) is 29.1 Å². The molecule has 0 aliphatic carbocycles. The van der Waals surface area contributed by atoms with E-state index in [1.165, 1.54) is 5.56 Å². The molecule has 0 radical (unpaired) electrons. The zero-order valence-electron chi connectivity index (χ0n) is 8.95. The Hall–Kier alpha value is -1.55. The average molecular weight is 205 g/mol. The smallest absolute Gasteiger partial charge is 0.120 e. The van der Waals surface area contributed by atoms with Gasteiger partial charge in [0.15, 0.2) is 0 Å². The molecule has 4 heteroatoms. The number of rotatable bonds is 4. The third kappa shape index (κ3) is 2.27.